The number of methoxy groups -OCH3 is 1. The topological polar surface area (TPSA) is 93.1 Å². The van der Waals surface area contributed by atoms with Crippen molar-refractivity contribution in [3.8, 4) is 5.75 Å². The van der Waals surface area contributed by atoms with Gasteiger partial charge in [-0.15, -0.1) is 0 Å². The summed E-state index contributed by atoms with van der Waals surface area (Å²) < 4.78 is 9.70. The van der Waals surface area contributed by atoms with E-state index >= 15 is 0 Å². The van der Waals surface area contributed by atoms with Gasteiger partial charge < -0.3 is 19.7 Å². The number of hydrogen-bond acceptors (Lipinski definition) is 6. The maximum Gasteiger partial charge on any atom is 0.308 e. The van der Waals surface area contributed by atoms with Crippen LogP contribution in [0.3, 0.4) is 0 Å². The van der Waals surface area contributed by atoms with Crippen LogP contribution in [0.5, 0.6) is 5.75 Å². The third-order valence-corrected chi connectivity index (χ3v) is 2.79. The van der Waals surface area contributed by atoms with Gasteiger partial charge in [0.05, 0.1) is 26.2 Å². The second-order valence-corrected chi connectivity index (χ2v) is 4.13. The molecule has 6 nitrogen and oxygen atoms in total. The van der Waals surface area contributed by atoms with Crippen molar-refractivity contribution in [1.82, 2.24) is 0 Å². The van der Waals surface area contributed by atoms with Gasteiger partial charge in [-0.1, -0.05) is 0 Å². The summed E-state index contributed by atoms with van der Waals surface area (Å²) in [4.78, 5) is 22.2. The standard InChI is InChI=1S/C14H18O6/c1-3-20-13(17)7-12(16)14(18)11-6-10(19-2)5-4-9(11)8-15/h4-6,8,12,14,16,18H,3,7H2,1-2H3. The van der Waals surface area contributed by atoms with Crippen molar-refractivity contribution >= 4 is 12.3 Å². The lowest BCUT2D eigenvalue weighted by Crippen LogP contribution is -2.24. The van der Waals surface area contributed by atoms with Gasteiger partial charge in [0, 0.05) is 5.56 Å². The van der Waals surface area contributed by atoms with E-state index in [4.69, 9.17) is 9.47 Å². The highest BCUT2D eigenvalue weighted by Crippen LogP contribution is 2.26. The van der Waals surface area contributed by atoms with E-state index < -0.39 is 18.2 Å². The Balaban J connectivity index is 2.91. The molecule has 0 saturated carbocycles. The molecule has 2 atom stereocenters. The number of aliphatic hydroxyl groups excluding tert-OH is 2. The highest BCUT2D eigenvalue weighted by atomic mass is 16.5. The number of carbonyl (C=O) groups is 2. The molecule has 1 rings (SSSR count). The van der Waals surface area contributed by atoms with Crippen LogP contribution in [0.1, 0.15) is 35.4 Å². The Labute approximate surface area is 116 Å². The van der Waals surface area contributed by atoms with Crippen molar-refractivity contribution in [2.75, 3.05) is 13.7 Å². The summed E-state index contributed by atoms with van der Waals surface area (Å²) in [6.07, 6.45) is -2.53. The van der Waals surface area contributed by atoms with E-state index in [0.717, 1.165) is 0 Å². The molecule has 2 unspecified atom stereocenters. The fraction of sp³-hybridized carbons (Fsp3) is 0.429. The monoisotopic (exact) mass is 282 g/mol. The zero-order valence-electron chi connectivity index (χ0n) is 11.4. The maximum absolute atomic E-state index is 11.3. The number of esters is 1. The third kappa shape index (κ3) is 4.04. The summed E-state index contributed by atoms with van der Waals surface area (Å²) in [6.45, 7) is 1.84. The van der Waals surface area contributed by atoms with Gasteiger partial charge in [0.25, 0.3) is 0 Å². The van der Waals surface area contributed by atoms with E-state index in [2.05, 4.69) is 0 Å². The number of carbonyl (C=O) groups excluding carboxylic acids is 2. The first-order valence-electron chi connectivity index (χ1n) is 6.18. The number of ether oxygens (including phenoxy) is 2. The third-order valence-electron chi connectivity index (χ3n) is 2.79. The highest BCUT2D eigenvalue weighted by Gasteiger charge is 2.24. The van der Waals surface area contributed by atoms with Crippen molar-refractivity contribution in [2.45, 2.75) is 25.6 Å². The molecule has 0 spiro atoms. The first kappa shape index (κ1) is 16.1. The molecule has 0 aliphatic heterocycles. The molecule has 0 radical (unpaired) electrons. The molecule has 0 saturated heterocycles. The quantitative estimate of drug-likeness (QED) is 0.569. The van der Waals surface area contributed by atoms with E-state index in [0.29, 0.717) is 12.0 Å². The average Bonchev–Trinajstić information content (AvgIpc) is 2.45. The molecular weight excluding hydrogens is 264 g/mol. The van der Waals surface area contributed by atoms with Crippen molar-refractivity contribution in [1.29, 1.82) is 0 Å². The molecule has 0 aliphatic carbocycles. The molecular formula is C14H18O6. The minimum absolute atomic E-state index is 0.195. The second kappa shape index (κ2) is 7.62. The summed E-state index contributed by atoms with van der Waals surface area (Å²) >= 11 is 0. The van der Waals surface area contributed by atoms with Gasteiger partial charge in [-0.25, -0.2) is 0 Å². The normalized spacial score (nSPS) is 13.4. The van der Waals surface area contributed by atoms with Crippen LogP contribution in [0.25, 0.3) is 0 Å². The molecule has 2 N–H and O–H groups in total. The van der Waals surface area contributed by atoms with Crippen LogP contribution in [0.15, 0.2) is 18.2 Å². The molecule has 0 fully saturated rings. The smallest absolute Gasteiger partial charge is 0.308 e. The molecule has 0 aromatic heterocycles. The van der Waals surface area contributed by atoms with Gasteiger partial charge in [-0.05, 0) is 30.7 Å². The zero-order valence-corrected chi connectivity index (χ0v) is 11.4. The van der Waals surface area contributed by atoms with Crippen LogP contribution in [0.2, 0.25) is 0 Å². The Kier molecular flexibility index (Phi) is 6.14. The number of rotatable bonds is 7. The number of aldehydes is 1. The Morgan fingerprint density at radius 1 is 1.40 bits per heavy atom. The van der Waals surface area contributed by atoms with Crippen molar-refractivity contribution in [2.24, 2.45) is 0 Å². The Morgan fingerprint density at radius 3 is 2.65 bits per heavy atom. The summed E-state index contributed by atoms with van der Waals surface area (Å²) in [5.41, 5.74) is 0.428. The number of aliphatic hydroxyl groups is 2. The van der Waals surface area contributed by atoms with Gasteiger partial charge in [0.2, 0.25) is 0 Å². The maximum atomic E-state index is 11.3. The van der Waals surface area contributed by atoms with E-state index in [-0.39, 0.29) is 24.2 Å². The van der Waals surface area contributed by atoms with Crippen LogP contribution >= 0.6 is 0 Å². The molecule has 0 heterocycles. The summed E-state index contributed by atoms with van der Waals surface area (Å²) in [5, 5.41) is 19.9. The average molecular weight is 282 g/mol. The SMILES string of the molecule is CCOC(=O)CC(O)C(O)c1cc(OC)ccc1C=O. The molecule has 6 heteroatoms. The van der Waals surface area contributed by atoms with E-state index in [9.17, 15) is 19.8 Å². The lowest BCUT2D eigenvalue weighted by molar-refractivity contribution is -0.147. The lowest BCUT2D eigenvalue weighted by atomic mass is 9.97. The predicted molar refractivity (Wildman–Crippen MR) is 70.6 cm³/mol. The summed E-state index contributed by atoms with van der Waals surface area (Å²) in [6, 6.07) is 4.49. The van der Waals surface area contributed by atoms with Gasteiger partial charge in [-0.3, -0.25) is 9.59 Å². The van der Waals surface area contributed by atoms with E-state index in [1.54, 1.807) is 13.0 Å². The van der Waals surface area contributed by atoms with Crippen molar-refractivity contribution in [3.05, 3.63) is 29.3 Å². The van der Waals surface area contributed by atoms with Crippen molar-refractivity contribution < 1.29 is 29.3 Å². The highest BCUT2D eigenvalue weighted by molar-refractivity contribution is 5.78. The second-order valence-electron chi connectivity index (χ2n) is 4.13. The van der Waals surface area contributed by atoms with Crippen LogP contribution in [0, 0.1) is 0 Å². The molecule has 110 valence electrons. The first-order chi connectivity index (χ1) is 9.53. The minimum atomic E-state index is -1.38. The first-order valence-corrected chi connectivity index (χ1v) is 6.18. The van der Waals surface area contributed by atoms with Crippen LogP contribution in [0.4, 0.5) is 0 Å². The molecule has 1 aromatic rings. The van der Waals surface area contributed by atoms with Crippen LogP contribution in [-0.4, -0.2) is 42.3 Å². The van der Waals surface area contributed by atoms with Gasteiger partial charge in [0.15, 0.2) is 0 Å². The largest absolute Gasteiger partial charge is 0.497 e. The van der Waals surface area contributed by atoms with E-state index in [1.165, 1.54) is 19.2 Å². The van der Waals surface area contributed by atoms with Gasteiger partial charge in [-0.2, -0.15) is 0 Å². The molecule has 0 amide bonds. The predicted octanol–water partition coefficient (Wildman–Crippen LogP) is 0.855. The number of hydrogen-bond donors (Lipinski definition) is 2. The van der Waals surface area contributed by atoms with Crippen molar-refractivity contribution in [3.63, 3.8) is 0 Å². The fourth-order valence-corrected chi connectivity index (χ4v) is 1.75. The fourth-order valence-electron chi connectivity index (χ4n) is 1.75. The Bertz CT molecular complexity index is 471. The Hall–Kier alpha value is -1.92. The molecule has 0 bridgehead atoms. The minimum Gasteiger partial charge on any atom is -0.497 e. The van der Waals surface area contributed by atoms with Gasteiger partial charge >= 0.3 is 5.97 Å². The summed E-state index contributed by atoms with van der Waals surface area (Å²) in [5.74, 6) is -0.178. The van der Waals surface area contributed by atoms with Crippen LogP contribution in [-0.2, 0) is 9.53 Å². The summed E-state index contributed by atoms with van der Waals surface area (Å²) in [7, 11) is 1.45. The van der Waals surface area contributed by atoms with Gasteiger partial charge in [0.1, 0.15) is 18.1 Å². The lowest BCUT2D eigenvalue weighted by Gasteiger charge is -2.19. The van der Waals surface area contributed by atoms with E-state index in [1.807, 2.05) is 0 Å². The molecule has 0 aliphatic rings. The Morgan fingerprint density at radius 2 is 2.10 bits per heavy atom. The van der Waals surface area contributed by atoms with Crippen LogP contribution < -0.4 is 4.74 Å². The zero-order chi connectivity index (χ0) is 15.1. The molecule has 1 aromatic carbocycles. The number of benzene rings is 1. The molecule has 20 heavy (non-hydrogen) atoms.